The van der Waals surface area contributed by atoms with E-state index in [2.05, 4.69) is 56.9 Å². The van der Waals surface area contributed by atoms with E-state index >= 15 is 0 Å². The molecule has 1 unspecified atom stereocenters. The van der Waals surface area contributed by atoms with Gasteiger partial charge < -0.3 is 9.64 Å². The third-order valence-electron chi connectivity index (χ3n) is 5.85. The van der Waals surface area contributed by atoms with Gasteiger partial charge in [0, 0.05) is 25.1 Å². The summed E-state index contributed by atoms with van der Waals surface area (Å²) >= 11 is 0. The van der Waals surface area contributed by atoms with Crippen LogP contribution in [0.4, 0.5) is 4.39 Å². The van der Waals surface area contributed by atoms with Crippen LogP contribution in [-0.4, -0.2) is 30.6 Å². The fourth-order valence-corrected chi connectivity index (χ4v) is 3.99. The van der Waals surface area contributed by atoms with Crippen LogP contribution in [0, 0.1) is 5.82 Å². The summed E-state index contributed by atoms with van der Waals surface area (Å²) in [6.45, 7) is 11.6. The van der Waals surface area contributed by atoms with Gasteiger partial charge in [-0.05, 0) is 73.9 Å². The van der Waals surface area contributed by atoms with E-state index in [-0.39, 0.29) is 11.7 Å². The van der Waals surface area contributed by atoms with Crippen LogP contribution in [-0.2, 0) is 6.42 Å². The Balaban J connectivity index is 1.54. The van der Waals surface area contributed by atoms with Crippen LogP contribution in [0.2, 0.25) is 0 Å². The first kappa shape index (κ1) is 20.9. The van der Waals surface area contributed by atoms with Crippen molar-refractivity contribution in [1.82, 2.24) is 4.90 Å². The van der Waals surface area contributed by atoms with Gasteiger partial charge in [-0.3, -0.25) is 0 Å². The zero-order chi connectivity index (χ0) is 20.1. The monoisotopic (exact) mass is 383 g/mol. The Kier molecular flexibility index (Phi) is 7.12. The van der Waals surface area contributed by atoms with Gasteiger partial charge in [0.2, 0.25) is 0 Å². The molecule has 0 aliphatic carbocycles. The standard InChI is InChI=1S/C25H34FNO/c1-18(2)23-14-24(26)16-25(15-23)28-13-11-20-7-9-21(10-8-20)22-6-5-12-27(17-22)19(3)4/h7-10,14-16,18-19,22H,5-6,11-13,17H2,1-4H3. The molecular formula is C25H34FNO. The maximum atomic E-state index is 13.8. The summed E-state index contributed by atoms with van der Waals surface area (Å²) in [6.07, 6.45) is 3.39. The van der Waals surface area contributed by atoms with Gasteiger partial charge in [-0.2, -0.15) is 0 Å². The summed E-state index contributed by atoms with van der Waals surface area (Å²) in [6, 6.07) is 14.6. The number of rotatable bonds is 7. The lowest BCUT2D eigenvalue weighted by atomic mass is 9.89. The molecule has 2 aromatic rings. The second kappa shape index (κ2) is 9.56. The molecule has 3 rings (SSSR count). The zero-order valence-corrected chi connectivity index (χ0v) is 17.7. The fraction of sp³-hybridized carbons (Fsp3) is 0.520. The van der Waals surface area contributed by atoms with E-state index in [4.69, 9.17) is 4.74 Å². The van der Waals surface area contributed by atoms with Crippen LogP contribution >= 0.6 is 0 Å². The second-order valence-electron chi connectivity index (χ2n) is 8.64. The summed E-state index contributed by atoms with van der Waals surface area (Å²) in [7, 11) is 0. The van der Waals surface area contributed by atoms with Crippen LogP contribution in [0.25, 0.3) is 0 Å². The Morgan fingerprint density at radius 1 is 1.07 bits per heavy atom. The first-order valence-electron chi connectivity index (χ1n) is 10.7. The van der Waals surface area contributed by atoms with Gasteiger partial charge in [-0.25, -0.2) is 4.39 Å². The van der Waals surface area contributed by atoms with Crippen molar-refractivity contribution >= 4 is 0 Å². The maximum Gasteiger partial charge on any atom is 0.127 e. The molecule has 0 radical (unpaired) electrons. The van der Waals surface area contributed by atoms with E-state index in [1.807, 2.05) is 6.07 Å². The van der Waals surface area contributed by atoms with E-state index in [1.165, 1.54) is 36.6 Å². The fourth-order valence-electron chi connectivity index (χ4n) is 3.99. The molecule has 1 aliphatic heterocycles. The third-order valence-corrected chi connectivity index (χ3v) is 5.85. The highest BCUT2D eigenvalue weighted by molar-refractivity contribution is 5.31. The normalized spacial score (nSPS) is 18.0. The Morgan fingerprint density at radius 2 is 1.82 bits per heavy atom. The Bertz CT molecular complexity index is 754. The molecule has 0 saturated carbocycles. The van der Waals surface area contributed by atoms with Crippen LogP contribution in [0.1, 0.15) is 69.1 Å². The molecule has 0 bridgehead atoms. The van der Waals surface area contributed by atoms with Crippen molar-refractivity contribution in [2.45, 2.75) is 64.8 Å². The van der Waals surface area contributed by atoms with E-state index in [1.54, 1.807) is 6.07 Å². The molecule has 28 heavy (non-hydrogen) atoms. The van der Waals surface area contributed by atoms with E-state index in [0.717, 1.165) is 18.5 Å². The van der Waals surface area contributed by atoms with Crippen molar-refractivity contribution < 1.29 is 9.13 Å². The molecule has 0 amide bonds. The molecule has 0 spiro atoms. The highest BCUT2D eigenvalue weighted by Gasteiger charge is 2.22. The second-order valence-corrected chi connectivity index (χ2v) is 8.64. The third kappa shape index (κ3) is 5.57. The molecule has 1 fully saturated rings. The van der Waals surface area contributed by atoms with Gasteiger partial charge in [0.15, 0.2) is 0 Å². The number of piperidine rings is 1. The number of halogens is 1. The van der Waals surface area contributed by atoms with Gasteiger partial charge >= 0.3 is 0 Å². The largest absolute Gasteiger partial charge is 0.493 e. The van der Waals surface area contributed by atoms with E-state index in [9.17, 15) is 4.39 Å². The topological polar surface area (TPSA) is 12.5 Å². The number of ether oxygens (including phenoxy) is 1. The highest BCUT2D eigenvalue weighted by atomic mass is 19.1. The van der Waals surface area contributed by atoms with Crippen molar-refractivity contribution in [3.63, 3.8) is 0 Å². The van der Waals surface area contributed by atoms with Gasteiger partial charge in [-0.1, -0.05) is 38.1 Å². The molecule has 152 valence electrons. The molecule has 3 heteroatoms. The number of benzene rings is 2. The zero-order valence-electron chi connectivity index (χ0n) is 17.7. The minimum absolute atomic E-state index is 0.228. The molecule has 1 heterocycles. The summed E-state index contributed by atoms with van der Waals surface area (Å²) in [5, 5.41) is 0. The lowest BCUT2D eigenvalue weighted by Crippen LogP contribution is -2.39. The first-order valence-corrected chi connectivity index (χ1v) is 10.7. The summed E-state index contributed by atoms with van der Waals surface area (Å²) < 4.78 is 19.6. The highest BCUT2D eigenvalue weighted by Crippen LogP contribution is 2.28. The summed E-state index contributed by atoms with van der Waals surface area (Å²) in [5.74, 6) is 1.32. The van der Waals surface area contributed by atoms with Crippen molar-refractivity contribution in [2.24, 2.45) is 0 Å². The summed E-state index contributed by atoms with van der Waals surface area (Å²) in [5.41, 5.74) is 3.68. The van der Waals surface area contributed by atoms with Gasteiger partial charge in [-0.15, -0.1) is 0 Å². The predicted octanol–water partition coefficient (Wildman–Crippen LogP) is 6.16. The van der Waals surface area contributed by atoms with Gasteiger partial charge in [0.25, 0.3) is 0 Å². The first-order chi connectivity index (χ1) is 13.4. The number of hydrogen-bond donors (Lipinski definition) is 0. The van der Waals surface area contributed by atoms with Crippen molar-refractivity contribution in [3.8, 4) is 5.75 Å². The van der Waals surface area contributed by atoms with Gasteiger partial charge in [0.05, 0.1) is 6.61 Å². The molecule has 2 aromatic carbocycles. The lowest BCUT2D eigenvalue weighted by Gasteiger charge is -2.35. The smallest absolute Gasteiger partial charge is 0.127 e. The Labute approximate surface area is 169 Å². The van der Waals surface area contributed by atoms with Crippen molar-refractivity contribution in [2.75, 3.05) is 19.7 Å². The van der Waals surface area contributed by atoms with Crippen molar-refractivity contribution in [3.05, 3.63) is 65.0 Å². The van der Waals surface area contributed by atoms with Crippen LogP contribution in [0.3, 0.4) is 0 Å². The van der Waals surface area contributed by atoms with Crippen LogP contribution in [0.15, 0.2) is 42.5 Å². The number of likely N-dealkylation sites (tertiary alicyclic amines) is 1. The molecule has 2 nitrogen and oxygen atoms in total. The minimum atomic E-state index is -0.228. The molecule has 0 aromatic heterocycles. The lowest BCUT2D eigenvalue weighted by molar-refractivity contribution is 0.167. The Morgan fingerprint density at radius 3 is 2.50 bits per heavy atom. The van der Waals surface area contributed by atoms with Crippen LogP contribution in [0.5, 0.6) is 5.75 Å². The molecule has 0 N–H and O–H groups in total. The average molecular weight is 384 g/mol. The molecule has 1 aliphatic rings. The quantitative estimate of drug-likeness (QED) is 0.568. The van der Waals surface area contributed by atoms with Gasteiger partial charge in [0.1, 0.15) is 11.6 Å². The minimum Gasteiger partial charge on any atom is -0.493 e. The summed E-state index contributed by atoms with van der Waals surface area (Å²) in [4.78, 5) is 2.58. The Hall–Kier alpha value is -1.87. The molecule has 1 saturated heterocycles. The molecule has 1 atom stereocenters. The van der Waals surface area contributed by atoms with E-state index in [0.29, 0.717) is 24.3 Å². The van der Waals surface area contributed by atoms with Crippen LogP contribution < -0.4 is 4.74 Å². The number of nitrogens with zero attached hydrogens (tertiary/aromatic N) is 1. The number of hydrogen-bond acceptors (Lipinski definition) is 2. The SMILES string of the molecule is CC(C)c1cc(F)cc(OCCc2ccc(C3CCCN(C(C)C)C3)cc2)c1. The molecular weight excluding hydrogens is 349 g/mol. The van der Waals surface area contributed by atoms with Crippen molar-refractivity contribution in [1.29, 1.82) is 0 Å². The predicted molar refractivity (Wildman–Crippen MR) is 115 cm³/mol. The maximum absolute atomic E-state index is 13.8. The van der Waals surface area contributed by atoms with E-state index < -0.39 is 0 Å². The average Bonchev–Trinajstić information content (AvgIpc) is 2.68.